The Morgan fingerprint density at radius 3 is 2.33 bits per heavy atom. The predicted octanol–water partition coefficient (Wildman–Crippen LogP) is 3.77. The van der Waals surface area contributed by atoms with E-state index in [1.807, 2.05) is 31.7 Å². The number of aromatic nitrogens is 2. The molecule has 0 saturated carbocycles. The maximum atomic E-state index is 12.2. The molecule has 1 N–H and O–H groups in total. The van der Waals surface area contributed by atoms with E-state index in [1.165, 1.54) is 24.3 Å². The number of alkyl halides is 3. The normalized spacial score (nSPS) is 14.9. The van der Waals surface area contributed by atoms with Crippen LogP contribution in [0.3, 0.4) is 0 Å². The van der Waals surface area contributed by atoms with Crippen molar-refractivity contribution >= 4 is 11.8 Å². The second-order valence-corrected chi connectivity index (χ2v) is 6.66. The maximum Gasteiger partial charge on any atom is 0.573 e. The third kappa shape index (κ3) is 5.38. The van der Waals surface area contributed by atoms with Crippen LogP contribution in [0, 0.1) is 6.92 Å². The number of hydrogen-bond donors (Lipinski definition) is 1. The van der Waals surface area contributed by atoms with Gasteiger partial charge in [0.05, 0.1) is 13.1 Å². The standard InChI is InChI=1S/C18H21F3N4O2/c1-11(2)22-16-8-12(3)23-17(24-16)25-9-15(10-25)26-13-4-6-14(7-5-13)27-18(19,20)21/h4-8,11,15H,9-10H2,1-3H3,(H,22,23,24). The molecule has 1 saturated heterocycles. The van der Waals surface area contributed by atoms with Crippen molar-refractivity contribution in [1.82, 2.24) is 9.97 Å². The largest absolute Gasteiger partial charge is 0.573 e. The van der Waals surface area contributed by atoms with E-state index in [0.717, 1.165) is 11.5 Å². The topological polar surface area (TPSA) is 59.5 Å². The van der Waals surface area contributed by atoms with Crippen molar-refractivity contribution in [2.75, 3.05) is 23.3 Å². The van der Waals surface area contributed by atoms with Crippen LogP contribution >= 0.6 is 0 Å². The highest BCUT2D eigenvalue weighted by atomic mass is 19.4. The second kappa shape index (κ2) is 7.50. The van der Waals surface area contributed by atoms with Gasteiger partial charge in [0.2, 0.25) is 5.95 Å². The molecule has 0 bridgehead atoms. The number of anilines is 2. The average Bonchev–Trinajstić information content (AvgIpc) is 2.49. The minimum absolute atomic E-state index is 0.0787. The zero-order valence-electron chi connectivity index (χ0n) is 15.2. The Morgan fingerprint density at radius 1 is 1.11 bits per heavy atom. The molecule has 146 valence electrons. The van der Waals surface area contributed by atoms with Gasteiger partial charge in [0.1, 0.15) is 23.4 Å². The number of rotatable bonds is 6. The van der Waals surface area contributed by atoms with E-state index in [1.54, 1.807) is 0 Å². The first kappa shape index (κ1) is 19.1. The van der Waals surface area contributed by atoms with E-state index >= 15 is 0 Å². The fourth-order valence-corrected chi connectivity index (χ4v) is 2.65. The molecule has 0 spiro atoms. The molecule has 1 fully saturated rings. The van der Waals surface area contributed by atoms with Gasteiger partial charge in [0, 0.05) is 17.8 Å². The Labute approximate surface area is 155 Å². The first-order valence-electron chi connectivity index (χ1n) is 8.57. The molecule has 3 rings (SSSR count). The molecule has 0 aliphatic carbocycles. The fraction of sp³-hybridized carbons (Fsp3) is 0.444. The third-order valence-electron chi connectivity index (χ3n) is 3.77. The smallest absolute Gasteiger partial charge is 0.487 e. The molecule has 0 amide bonds. The second-order valence-electron chi connectivity index (χ2n) is 6.66. The van der Waals surface area contributed by atoms with Crippen LogP contribution in [0.1, 0.15) is 19.5 Å². The minimum atomic E-state index is -4.70. The highest BCUT2D eigenvalue weighted by Gasteiger charge is 2.32. The minimum Gasteiger partial charge on any atom is -0.487 e. The molecule has 2 heterocycles. The monoisotopic (exact) mass is 382 g/mol. The Morgan fingerprint density at radius 2 is 1.74 bits per heavy atom. The highest BCUT2D eigenvalue weighted by molar-refractivity contribution is 5.46. The fourth-order valence-electron chi connectivity index (χ4n) is 2.65. The van der Waals surface area contributed by atoms with Crippen molar-refractivity contribution in [2.24, 2.45) is 0 Å². The van der Waals surface area contributed by atoms with Gasteiger partial charge in [-0.05, 0) is 45.0 Å². The highest BCUT2D eigenvalue weighted by Crippen LogP contribution is 2.27. The maximum absolute atomic E-state index is 12.2. The van der Waals surface area contributed by atoms with Crippen LogP contribution in [0.25, 0.3) is 0 Å². The van der Waals surface area contributed by atoms with Gasteiger partial charge in [-0.2, -0.15) is 4.98 Å². The molecule has 1 aliphatic heterocycles. The van der Waals surface area contributed by atoms with Crippen LogP contribution in [0.15, 0.2) is 30.3 Å². The summed E-state index contributed by atoms with van der Waals surface area (Å²) in [5, 5.41) is 3.26. The van der Waals surface area contributed by atoms with Crippen LogP contribution < -0.4 is 19.7 Å². The number of halogens is 3. The number of aryl methyl sites for hydroxylation is 1. The lowest BCUT2D eigenvalue weighted by Crippen LogP contribution is -2.54. The van der Waals surface area contributed by atoms with Crippen molar-refractivity contribution in [1.29, 1.82) is 0 Å². The number of nitrogens with zero attached hydrogens (tertiary/aromatic N) is 3. The average molecular weight is 382 g/mol. The van der Waals surface area contributed by atoms with Gasteiger partial charge in [-0.15, -0.1) is 13.2 Å². The molecule has 0 atom stereocenters. The summed E-state index contributed by atoms with van der Waals surface area (Å²) in [6, 6.07) is 7.53. The van der Waals surface area contributed by atoms with Crippen LogP contribution in [0.2, 0.25) is 0 Å². The summed E-state index contributed by atoms with van der Waals surface area (Å²) in [6.45, 7) is 7.19. The Balaban J connectivity index is 1.55. The molecule has 1 aromatic carbocycles. The van der Waals surface area contributed by atoms with Crippen molar-refractivity contribution in [2.45, 2.75) is 39.3 Å². The third-order valence-corrected chi connectivity index (χ3v) is 3.77. The molecule has 0 unspecified atom stereocenters. The first-order valence-corrected chi connectivity index (χ1v) is 8.57. The summed E-state index contributed by atoms with van der Waals surface area (Å²) in [6.07, 6.45) is -4.78. The summed E-state index contributed by atoms with van der Waals surface area (Å²) < 4.78 is 46.1. The van der Waals surface area contributed by atoms with Crippen LogP contribution in [0.4, 0.5) is 24.9 Å². The van der Waals surface area contributed by atoms with Gasteiger partial charge < -0.3 is 19.7 Å². The summed E-state index contributed by atoms with van der Waals surface area (Å²) in [5.41, 5.74) is 0.868. The van der Waals surface area contributed by atoms with E-state index in [2.05, 4.69) is 20.0 Å². The lowest BCUT2D eigenvalue weighted by Gasteiger charge is -2.39. The lowest BCUT2D eigenvalue weighted by atomic mass is 10.2. The van der Waals surface area contributed by atoms with E-state index < -0.39 is 6.36 Å². The SMILES string of the molecule is Cc1cc(NC(C)C)nc(N2CC(Oc3ccc(OC(F)(F)F)cc3)C2)n1. The Hall–Kier alpha value is -2.71. The molecule has 6 nitrogen and oxygen atoms in total. The predicted molar refractivity (Wildman–Crippen MR) is 95.3 cm³/mol. The van der Waals surface area contributed by atoms with Gasteiger partial charge in [0.15, 0.2) is 0 Å². The van der Waals surface area contributed by atoms with Crippen molar-refractivity contribution < 1.29 is 22.6 Å². The van der Waals surface area contributed by atoms with Gasteiger partial charge >= 0.3 is 6.36 Å². The lowest BCUT2D eigenvalue weighted by molar-refractivity contribution is -0.274. The summed E-state index contributed by atoms with van der Waals surface area (Å²) in [4.78, 5) is 10.9. The molecule has 2 aromatic rings. The molecule has 9 heteroatoms. The number of hydrogen-bond acceptors (Lipinski definition) is 6. The molecular formula is C18H21F3N4O2. The number of nitrogens with one attached hydrogen (secondary N) is 1. The van der Waals surface area contributed by atoms with Gasteiger partial charge in [-0.3, -0.25) is 0 Å². The zero-order valence-corrected chi connectivity index (χ0v) is 15.2. The summed E-state index contributed by atoms with van der Waals surface area (Å²) >= 11 is 0. The molecule has 1 aromatic heterocycles. The van der Waals surface area contributed by atoms with Crippen molar-refractivity contribution in [3.63, 3.8) is 0 Å². The molecule has 0 radical (unpaired) electrons. The van der Waals surface area contributed by atoms with Crippen molar-refractivity contribution in [3.05, 3.63) is 36.0 Å². The summed E-state index contributed by atoms with van der Waals surface area (Å²) in [5.74, 6) is 1.62. The van der Waals surface area contributed by atoms with Crippen LogP contribution in [0.5, 0.6) is 11.5 Å². The molecule has 27 heavy (non-hydrogen) atoms. The van der Waals surface area contributed by atoms with Gasteiger partial charge in [0.25, 0.3) is 0 Å². The van der Waals surface area contributed by atoms with Crippen LogP contribution in [-0.2, 0) is 0 Å². The Kier molecular flexibility index (Phi) is 5.29. The van der Waals surface area contributed by atoms with Crippen molar-refractivity contribution in [3.8, 4) is 11.5 Å². The molecule has 1 aliphatic rings. The van der Waals surface area contributed by atoms with E-state index in [9.17, 15) is 13.2 Å². The van der Waals surface area contributed by atoms with Gasteiger partial charge in [-0.1, -0.05) is 0 Å². The van der Waals surface area contributed by atoms with Crippen LogP contribution in [-0.4, -0.2) is 41.6 Å². The van der Waals surface area contributed by atoms with E-state index in [0.29, 0.717) is 24.8 Å². The zero-order chi connectivity index (χ0) is 19.6. The van der Waals surface area contributed by atoms with E-state index in [-0.39, 0.29) is 17.9 Å². The Bertz CT molecular complexity index is 775. The number of ether oxygens (including phenoxy) is 2. The molecular weight excluding hydrogens is 361 g/mol. The summed E-state index contributed by atoms with van der Waals surface area (Å²) in [7, 11) is 0. The first-order chi connectivity index (χ1) is 12.7. The van der Waals surface area contributed by atoms with E-state index in [4.69, 9.17) is 4.74 Å². The quantitative estimate of drug-likeness (QED) is 0.821. The van der Waals surface area contributed by atoms with Gasteiger partial charge in [-0.25, -0.2) is 4.98 Å². The number of benzene rings is 1.